The molecule has 1 aromatic carbocycles. The number of sulfonamides is 1. The van der Waals surface area contributed by atoms with Gasteiger partial charge in [-0.05, 0) is 29.8 Å². The highest BCUT2D eigenvalue weighted by Crippen LogP contribution is 2.18. The summed E-state index contributed by atoms with van der Waals surface area (Å²) in [5.74, 6) is -0.235. The minimum Gasteiger partial charge on any atom is -0.379 e. The normalized spacial score (nSPS) is 15.6. The summed E-state index contributed by atoms with van der Waals surface area (Å²) in [4.78, 5) is 19.7. The molecule has 3 aromatic rings. The molecular formula is C19H20N4O4S. The topological polar surface area (TPSA) is 104 Å². The first-order chi connectivity index (χ1) is 13.5. The molecule has 0 unspecified atom stereocenters. The number of ether oxygens (including phenoxy) is 1. The number of amides is 1. The predicted molar refractivity (Wildman–Crippen MR) is 103 cm³/mol. The Kier molecular flexibility index (Phi) is 5.12. The van der Waals surface area contributed by atoms with E-state index in [1.807, 2.05) is 0 Å². The number of hydrogen-bond donors (Lipinski definition) is 2. The van der Waals surface area contributed by atoms with Crippen LogP contribution in [0.3, 0.4) is 0 Å². The molecule has 2 N–H and O–H groups in total. The van der Waals surface area contributed by atoms with Gasteiger partial charge in [0.1, 0.15) is 5.69 Å². The van der Waals surface area contributed by atoms with Crippen molar-refractivity contribution in [3.8, 4) is 0 Å². The number of carbonyl (C=O) groups is 1. The summed E-state index contributed by atoms with van der Waals surface area (Å²) in [6, 6.07) is 10.1. The maximum absolute atomic E-state index is 12.6. The van der Waals surface area contributed by atoms with E-state index < -0.39 is 10.0 Å². The maximum atomic E-state index is 12.6. The van der Waals surface area contributed by atoms with Crippen LogP contribution in [0.15, 0.2) is 53.7 Å². The molecule has 0 radical (unpaired) electrons. The van der Waals surface area contributed by atoms with Gasteiger partial charge in [0.15, 0.2) is 0 Å². The third-order valence-corrected chi connectivity index (χ3v) is 6.56. The van der Waals surface area contributed by atoms with Crippen LogP contribution >= 0.6 is 0 Å². The van der Waals surface area contributed by atoms with E-state index in [1.54, 1.807) is 48.8 Å². The average Bonchev–Trinajstić information content (AvgIpc) is 3.17. The fraction of sp³-hybridized carbons (Fsp3) is 0.263. The van der Waals surface area contributed by atoms with Crippen molar-refractivity contribution in [2.24, 2.45) is 0 Å². The minimum atomic E-state index is -3.51. The molecule has 3 heterocycles. The Labute approximate surface area is 162 Å². The van der Waals surface area contributed by atoms with Gasteiger partial charge in [-0.25, -0.2) is 8.42 Å². The fourth-order valence-corrected chi connectivity index (χ4v) is 4.50. The number of H-pyrrole nitrogens is 1. The van der Waals surface area contributed by atoms with Crippen molar-refractivity contribution in [1.29, 1.82) is 0 Å². The quantitative estimate of drug-likeness (QED) is 0.676. The minimum absolute atomic E-state index is 0.235. The molecule has 1 fully saturated rings. The predicted octanol–water partition coefficient (Wildman–Crippen LogP) is 1.51. The van der Waals surface area contributed by atoms with Crippen molar-refractivity contribution in [3.63, 3.8) is 0 Å². The monoisotopic (exact) mass is 400 g/mol. The van der Waals surface area contributed by atoms with Crippen molar-refractivity contribution in [1.82, 2.24) is 19.6 Å². The summed E-state index contributed by atoms with van der Waals surface area (Å²) in [6.45, 7) is 1.84. The summed E-state index contributed by atoms with van der Waals surface area (Å²) in [6.07, 6.45) is 3.35. The number of nitrogens with one attached hydrogen (secondary N) is 2. The number of morpholine rings is 1. The van der Waals surface area contributed by atoms with Crippen LogP contribution in [-0.4, -0.2) is 54.9 Å². The van der Waals surface area contributed by atoms with E-state index in [2.05, 4.69) is 15.3 Å². The lowest BCUT2D eigenvalue weighted by atomic mass is 10.2. The van der Waals surface area contributed by atoms with Crippen molar-refractivity contribution in [3.05, 3.63) is 60.0 Å². The van der Waals surface area contributed by atoms with Crippen molar-refractivity contribution >= 4 is 26.8 Å². The fourth-order valence-electron chi connectivity index (χ4n) is 3.09. The first-order valence-electron chi connectivity index (χ1n) is 8.92. The molecule has 9 heteroatoms. The Bertz CT molecular complexity index is 1050. The first-order valence-corrected chi connectivity index (χ1v) is 10.4. The van der Waals surface area contributed by atoms with Gasteiger partial charge in [0.05, 0.1) is 18.1 Å². The smallest absolute Gasteiger partial charge is 0.267 e. The van der Waals surface area contributed by atoms with Crippen LogP contribution in [0.5, 0.6) is 0 Å². The number of pyridine rings is 1. The van der Waals surface area contributed by atoms with Crippen LogP contribution in [0.25, 0.3) is 10.9 Å². The molecule has 0 spiro atoms. The maximum Gasteiger partial charge on any atom is 0.267 e. The summed E-state index contributed by atoms with van der Waals surface area (Å²) >= 11 is 0. The molecule has 1 aliphatic heterocycles. The Morgan fingerprint density at radius 2 is 1.93 bits per heavy atom. The van der Waals surface area contributed by atoms with Crippen LogP contribution in [0.2, 0.25) is 0 Å². The molecule has 4 rings (SSSR count). The van der Waals surface area contributed by atoms with Crippen molar-refractivity contribution in [2.75, 3.05) is 26.3 Å². The second-order valence-electron chi connectivity index (χ2n) is 6.49. The molecule has 2 aromatic heterocycles. The second kappa shape index (κ2) is 7.70. The molecule has 0 atom stereocenters. The zero-order chi connectivity index (χ0) is 19.6. The largest absolute Gasteiger partial charge is 0.379 e. The van der Waals surface area contributed by atoms with Crippen molar-refractivity contribution in [2.45, 2.75) is 11.4 Å². The van der Waals surface area contributed by atoms with Gasteiger partial charge in [0.2, 0.25) is 10.0 Å². The Hall–Kier alpha value is -2.75. The van der Waals surface area contributed by atoms with Gasteiger partial charge in [-0.3, -0.25) is 9.78 Å². The number of fused-ring (bicyclic) bond motifs is 1. The third-order valence-electron chi connectivity index (χ3n) is 4.65. The lowest BCUT2D eigenvalue weighted by Crippen LogP contribution is -2.40. The van der Waals surface area contributed by atoms with Crippen molar-refractivity contribution < 1.29 is 17.9 Å². The molecule has 0 bridgehead atoms. The average molecular weight is 400 g/mol. The number of carbonyl (C=O) groups excluding carboxylic acids is 1. The number of hydrogen-bond acceptors (Lipinski definition) is 5. The second-order valence-corrected chi connectivity index (χ2v) is 8.43. The highest BCUT2D eigenvalue weighted by Gasteiger charge is 2.26. The molecule has 0 aliphatic carbocycles. The van der Waals surface area contributed by atoms with E-state index in [0.717, 1.165) is 16.5 Å². The number of benzene rings is 1. The van der Waals surface area contributed by atoms with Gasteiger partial charge in [0, 0.05) is 42.9 Å². The van der Waals surface area contributed by atoms with E-state index in [9.17, 15) is 13.2 Å². The summed E-state index contributed by atoms with van der Waals surface area (Å²) in [7, 11) is -3.51. The molecule has 146 valence electrons. The molecule has 1 amide bonds. The molecule has 8 nitrogen and oxygen atoms in total. The zero-order valence-corrected chi connectivity index (χ0v) is 15.9. The summed E-state index contributed by atoms with van der Waals surface area (Å²) in [5, 5.41) is 3.70. The Morgan fingerprint density at radius 3 is 2.64 bits per heavy atom. The van der Waals surface area contributed by atoms with E-state index >= 15 is 0 Å². The van der Waals surface area contributed by atoms with Gasteiger partial charge in [-0.1, -0.05) is 12.1 Å². The van der Waals surface area contributed by atoms with Crippen LogP contribution in [-0.2, 0) is 21.3 Å². The van der Waals surface area contributed by atoms with Crippen LogP contribution in [0.4, 0.5) is 0 Å². The highest BCUT2D eigenvalue weighted by atomic mass is 32.2. The molecular weight excluding hydrogens is 380 g/mol. The number of nitrogens with zero attached hydrogens (tertiary/aromatic N) is 2. The van der Waals surface area contributed by atoms with Gasteiger partial charge in [0.25, 0.3) is 5.91 Å². The molecule has 1 aliphatic rings. The van der Waals surface area contributed by atoms with Crippen LogP contribution in [0.1, 0.15) is 16.1 Å². The van der Waals surface area contributed by atoms with E-state index in [4.69, 9.17) is 4.74 Å². The summed E-state index contributed by atoms with van der Waals surface area (Å²) in [5.41, 5.74) is 2.11. The van der Waals surface area contributed by atoms with Gasteiger partial charge in [-0.2, -0.15) is 4.31 Å². The number of rotatable bonds is 5. The van der Waals surface area contributed by atoms with Gasteiger partial charge < -0.3 is 15.0 Å². The zero-order valence-electron chi connectivity index (χ0n) is 15.1. The molecule has 28 heavy (non-hydrogen) atoms. The van der Waals surface area contributed by atoms with Gasteiger partial charge >= 0.3 is 0 Å². The lowest BCUT2D eigenvalue weighted by molar-refractivity contribution is 0.0730. The Balaban J connectivity index is 1.41. The van der Waals surface area contributed by atoms with E-state index in [1.165, 1.54) is 4.31 Å². The highest BCUT2D eigenvalue weighted by molar-refractivity contribution is 7.89. The molecule has 1 saturated heterocycles. The van der Waals surface area contributed by atoms with Crippen LogP contribution < -0.4 is 5.32 Å². The van der Waals surface area contributed by atoms with E-state index in [0.29, 0.717) is 38.5 Å². The summed E-state index contributed by atoms with van der Waals surface area (Å²) < 4.78 is 31.9. The van der Waals surface area contributed by atoms with Gasteiger partial charge in [-0.15, -0.1) is 0 Å². The SMILES string of the molecule is O=C(NCc1ccc(S(=O)(=O)N2CCOCC2)cc1)c1cc2cnccc2[nH]1. The van der Waals surface area contributed by atoms with Crippen LogP contribution in [0, 0.1) is 0 Å². The first kappa shape index (κ1) is 18.6. The molecule has 0 saturated carbocycles. The standard InChI is InChI=1S/C19H20N4O4S/c24-19(18-11-15-13-20-6-5-17(15)22-18)21-12-14-1-3-16(4-2-14)28(25,26)23-7-9-27-10-8-23/h1-6,11,13,22H,7-10,12H2,(H,21,24). The third kappa shape index (κ3) is 3.77. The lowest BCUT2D eigenvalue weighted by Gasteiger charge is -2.26. The Morgan fingerprint density at radius 1 is 1.18 bits per heavy atom. The number of aromatic amines is 1. The van der Waals surface area contributed by atoms with E-state index in [-0.39, 0.29) is 10.8 Å². The number of aromatic nitrogens is 2.